The van der Waals surface area contributed by atoms with Gasteiger partial charge in [0.1, 0.15) is 0 Å². The molecule has 2 heterocycles. The second-order valence-corrected chi connectivity index (χ2v) is 5.51. The first kappa shape index (κ1) is 10.3. The summed E-state index contributed by atoms with van der Waals surface area (Å²) >= 11 is 1.79. The molecule has 2 aromatic rings. The molecule has 0 spiro atoms. The van der Waals surface area contributed by atoms with E-state index >= 15 is 0 Å². The Bertz CT molecular complexity index is 501. The van der Waals surface area contributed by atoms with Crippen LogP contribution in [0.3, 0.4) is 0 Å². The van der Waals surface area contributed by atoms with E-state index in [1.807, 2.05) is 0 Å². The minimum atomic E-state index is 0.0447. The van der Waals surface area contributed by atoms with Crippen molar-refractivity contribution in [3.63, 3.8) is 0 Å². The van der Waals surface area contributed by atoms with Crippen LogP contribution < -0.4 is 5.32 Å². The number of benzene rings is 1. The van der Waals surface area contributed by atoms with Gasteiger partial charge in [-0.05, 0) is 29.3 Å². The van der Waals surface area contributed by atoms with E-state index in [2.05, 4.69) is 41.9 Å². The summed E-state index contributed by atoms with van der Waals surface area (Å²) in [5.74, 6) is 0. The molecule has 0 saturated carbocycles. The first-order chi connectivity index (χ1) is 7.77. The van der Waals surface area contributed by atoms with Gasteiger partial charge in [-0.2, -0.15) is 0 Å². The highest BCUT2D eigenvalue weighted by atomic mass is 32.1. The molecule has 0 aliphatic carbocycles. The van der Waals surface area contributed by atoms with Crippen molar-refractivity contribution in [3.05, 3.63) is 35.2 Å². The summed E-state index contributed by atoms with van der Waals surface area (Å²) in [4.78, 5) is 0. The predicted molar refractivity (Wildman–Crippen MR) is 67.9 cm³/mol. The Morgan fingerprint density at radius 3 is 2.94 bits per heavy atom. The highest BCUT2D eigenvalue weighted by Gasteiger charge is 2.32. The molecule has 1 N–H and O–H groups in total. The van der Waals surface area contributed by atoms with Crippen LogP contribution in [0.4, 0.5) is 0 Å². The fraction of sp³-hybridized carbons (Fsp3) is 0.385. The number of thiophene rings is 1. The van der Waals surface area contributed by atoms with Gasteiger partial charge in [-0.25, -0.2) is 0 Å². The molecule has 1 aliphatic heterocycles. The van der Waals surface area contributed by atoms with E-state index in [4.69, 9.17) is 4.74 Å². The summed E-state index contributed by atoms with van der Waals surface area (Å²) in [6.45, 7) is 4.82. The summed E-state index contributed by atoms with van der Waals surface area (Å²) < 4.78 is 7.31. The average Bonchev–Trinajstić information content (AvgIpc) is 2.67. The molecule has 1 fully saturated rings. The van der Waals surface area contributed by atoms with Crippen molar-refractivity contribution in [1.29, 1.82) is 0 Å². The van der Waals surface area contributed by atoms with E-state index in [1.165, 1.54) is 15.6 Å². The molecule has 1 saturated heterocycles. The quantitative estimate of drug-likeness (QED) is 0.880. The van der Waals surface area contributed by atoms with Crippen LogP contribution >= 0.6 is 11.3 Å². The lowest BCUT2D eigenvalue weighted by Crippen LogP contribution is -2.58. The summed E-state index contributed by atoms with van der Waals surface area (Å²) in [5.41, 5.74) is 1.36. The summed E-state index contributed by atoms with van der Waals surface area (Å²) in [7, 11) is 0. The van der Waals surface area contributed by atoms with Crippen LogP contribution in [-0.2, 0) is 11.3 Å². The van der Waals surface area contributed by atoms with Gasteiger partial charge in [0.15, 0.2) is 0 Å². The van der Waals surface area contributed by atoms with Crippen molar-refractivity contribution in [2.75, 3.05) is 13.1 Å². The zero-order chi connectivity index (χ0) is 11.0. The van der Waals surface area contributed by atoms with Gasteiger partial charge in [-0.3, -0.25) is 0 Å². The molecule has 1 aromatic carbocycles. The minimum absolute atomic E-state index is 0.0447. The highest BCUT2D eigenvalue weighted by molar-refractivity contribution is 7.17. The van der Waals surface area contributed by atoms with Gasteiger partial charge >= 0.3 is 0 Å². The maximum Gasteiger partial charge on any atom is 0.0906 e. The van der Waals surface area contributed by atoms with E-state index in [1.54, 1.807) is 11.3 Å². The Morgan fingerprint density at radius 2 is 2.19 bits per heavy atom. The zero-order valence-corrected chi connectivity index (χ0v) is 10.1. The second kappa shape index (κ2) is 3.84. The van der Waals surface area contributed by atoms with Crippen molar-refractivity contribution in [2.24, 2.45) is 0 Å². The second-order valence-electron chi connectivity index (χ2n) is 4.60. The lowest BCUT2D eigenvalue weighted by atomic mass is 10.00. The lowest BCUT2D eigenvalue weighted by Gasteiger charge is -2.39. The third-order valence-electron chi connectivity index (χ3n) is 3.14. The maximum atomic E-state index is 5.96. The number of rotatable bonds is 3. The highest BCUT2D eigenvalue weighted by Crippen LogP contribution is 2.27. The molecular formula is C13H15NOS. The van der Waals surface area contributed by atoms with Crippen LogP contribution in [0.5, 0.6) is 0 Å². The van der Waals surface area contributed by atoms with Crippen LogP contribution in [0, 0.1) is 0 Å². The van der Waals surface area contributed by atoms with Gasteiger partial charge in [0, 0.05) is 17.8 Å². The molecule has 3 rings (SSSR count). The van der Waals surface area contributed by atoms with Crippen molar-refractivity contribution >= 4 is 21.4 Å². The Kier molecular flexibility index (Phi) is 2.46. The number of ether oxygens (including phenoxy) is 1. The van der Waals surface area contributed by atoms with E-state index in [-0.39, 0.29) is 5.60 Å². The van der Waals surface area contributed by atoms with Crippen LogP contribution in [0.2, 0.25) is 0 Å². The molecule has 84 valence electrons. The topological polar surface area (TPSA) is 21.3 Å². The summed E-state index contributed by atoms with van der Waals surface area (Å²) in [6.07, 6.45) is 0. The van der Waals surface area contributed by atoms with Crippen LogP contribution in [0.15, 0.2) is 29.6 Å². The number of hydrogen-bond acceptors (Lipinski definition) is 3. The van der Waals surface area contributed by atoms with E-state index in [9.17, 15) is 0 Å². The molecule has 0 bridgehead atoms. The summed E-state index contributed by atoms with van der Waals surface area (Å²) in [5, 5.41) is 6.79. The van der Waals surface area contributed by atoms with E-state index in [0.717, 1.165) is 19.7 Å². The molecule has 0 radical (unpaired) electrons. The van der Waals surface area contributed by atoms with Gasteiger partial charge < -0.3 is 10.1 Å². The molecule has 3 heteroatoms. The number of fused-ring (bicyclic) bond motifs is 1. The lowest BCUT2D eigenvalue weighted by molar-refractivity contribution is -0.0762. The van der Waals surface area contributed by atoms with Gasteiger partial charge in [0.05, 0.1) is 12.2 Å². The van der Waals surface area contributed by atoms with Gasteiger partial charge in [-0.15, -0.1) is 11.3 Å². The normalized spacial score (nSPS) is 18.6. The van der Waals surface area contributed by atoms with Crippen molar-refractivity contribution in [3.8, 4) is 0 Å². The third kappa shape index (κ3) is 1.75. The fourth-order valence-electron chi connectivity index (χ4n) is 1.98. The van der Waals surface area contributed by atoms with Gasteiger partial charge in [0.2, 0.25) is 0 Å². The average molecular weight is 233 g/mol. The number of hydrogen-bond donors (Lipinski definition) is 1. The van der Waals surface area contributed by atoms with Gasteiger partial charge in [-0.1, -0.05) is 18.2 Å². The fourth-order valence-corrected chi connectivity index (χ4v) is 2.92. The first-order valence-corrected chi connectivity index (χ1v) is 6.45. The van der Waals surface area contributed by atoms with E-state index in [0.29, 0.717) is 0 Å². The smallest absolute Gasteiger partial charge is 0.0906 e. The first-order valence-electron chi connectivity index (χ1n) is 5.57. The van der Waals surface area contributed by atoms with E-state index < -0.39 is 0 Å². The molecule has 1 aliphatic rings. The SMILES string of the molecule is CC1(OCc2csc3ccccc23)CNC1. The zero-order valence-electron chi connectivity index (χ0n) is 9.32. The van der Waals surface area contributed by atoms with Crippen LogP contribution in [0.1, 0.15) is 12.5 Å². The third-order valence-corrected chi connectivity index (χ3v) is 4.15. The van der Waals surface area contributed by atoms with Crippen LogP contribution in [0.25, 0.3) is 10.1 Å². The largest absolute Gasteiger partial charge is 0.368 e. The molecule has 1 aromatic heterocycles. The van der Waals surface area contributed by atoms with Gasteiger partial charge in [0.25, 0.3) is 0 Å². The van der Waals surface area contributed by atoms with Crippen LogP contribution in [-0.4, -0.2) is 18.7 Å². The van der Waals surface area contributed by atoms with Crippen molar-refractivity contribution in [2.45, 2.75) is 19.1 Å². The monoisotopic (exact) mass is 233 g/mol. The minimum Gasteiger partial charge on any atom is -0.368 e. The predicted octanol–water partition coefficient (Wildman–Crippen LogP) is 2.78. The maximum absolute atomic E-state index is 5.96. The Balaban J connectivity index is 1.79. The molecule has 0 unspecified atom stereocenters. The molecular weight excluding hydrogens is 218 g/mol. The Labute approximate surface area is 99.2 Å². The Morgan fingerprint density at radius 1 is 1.38 bits per heavy atom. The Hall–Kier alpha value is -0.900. The summed E-state index contributed by atoms with van der Waals surface area (Å²) in [6, 6.07) is 8.51. The number of nitrogens with one attached hydrogen (secondary N) is 1. The van der Waals surface area contributed by atoms with Crippen molar-refractivity contribution in [1.82, 2.24) is 5.32 Å². The van der Waals surface area contributed by atoms with Crippen molar-refractivity contribution < 1.29 is 4.74 Å². The molecule has 0 atom stereocenters. The molecule has 0 amide bonds. The molecule has 2 nitrogen and oxygen atoms in total. The standard InChI is InChI=1S/C13H15NOS/c1-13(8-14-9-13)15-6-10-7-16-12-5-3-2-4-11(10)12/h2-5,7,14H,6,8-9H2,1H3. The molecule has 16 heavy (non-hydrogen) atoms.